The van der Waals surface area contributed by atoms with Crippen LogP contribution in [0.1, 0.15) is 5.56 Å². The van der Waals surface area contributed by atoms with Crippen molar-refractivity contribution in [2.45, 2.75) is 0 Å². The number of nitrogens with zero attached hydrogens (tertiary/aromatic N) is 1. The van der Waals surface area contributed by atoms with E-state index in [1.165, 1.54) is 6.07 Å². The minimum atomic E-state index is -0.956. The summed E-state index contributed by atoms with van der Waals surface area (Å²) in [4.78, 5) is 0. The summed E-state index contributed by atoms with van der Waals surface area (Å²) in [6.45, 7) is 0. The first-order valence-corrected chi connectivity index (χ1v) is 2.86. The Kier molecular flexibility index (Phi) is 2.15. The molecular weight excluding hydrogens is 152 g/mol. The maximum atomic E-state index is 12.4. The summed E-state index contributed by atoms with van der Waals surface area (Å²) in [5.74, 6) is -1.87. The Bertz CT molecular complexity index is 286. The average Bonchev–Trinajstić information content (AvgIpc) is 1.98. The highest BCUT2D eigenvalue weighted by atomic mass is 19.2. The van der Waals surface area contributed by atoms with Crippen LogP contribution in [-0.4, -0.2) is 11.4 Å². The Balaban J connectivity index is 3.05. The lowest BCUT2D eigenvalue weighted by Gasteiger charge is -1.92. The van der Waals surface area contributed by atoms with Crippen molar-refractivity contribution < 1.29 is 14.0 Å². The largest absolute Gasteiger partial charge is 0.411 e. The number of hydrogen-bond acceptors (Lipinski definition) is 2. The summed E-state index contributed by atoms with van der Waals surface area (Å²) in [6.07, 6.45) is 1.02. The highest BCUT2D eigenvalue weighted by Crippen LogP contribution is 2.06. The van der Waals surface area contributed by atoms with Gasteiger partial charge in [-0.15, -0.1) is 0 Å². The summed E-state index contributed by atoms with van der Waals surface area (Å²) in [5.41, 5.74) is 0.311. The quantitative estimate of drug-likeness (QED) is 0.376. The van der Waals surface area contributed by atoms with Crippen molar-refractivity contribution in [1.29, 1.82) is 0 Å². The molecule has 1 aromatic carbocycles. The van der Waals surface area contributed by atoms with Crippen LogP contribution >= 0.6 is 0 Å². The zero-order valence-corrected chi connectivity index (χ0v) is 5.46. The smallest absolute Gasteiger partial charge is 0.159 e. The van der Waals surface area contributed by atoms with Gasteiger partial charge in [-0.05, 0) is 17.7 Å². The molecule has 0 fully saturated rings. The SMILES string of the molecule is O/N=C/c1ccc(F)c(F)c1. The Morgan fingerprint density at radius 3 is 2.55 bits per heavy atom. The molecule has 0 aliphatic carbocycles. The van der Waals surface area contributed by atoms with E-state index in [0.717, 1.165) is 18.3 Å². The van der Waals surface area contributed by atoms with E-state index in [1.54, 1.807) is 0 Å². The Morgan fingerprint density at radius 2 is 2.00 bits per heavy atom. The van der Waals surface area contributed by atoms with Gasteiger partial charge in [0.1, 0.15) is 0 Å². The molecule has 0 aliphatic heterocycles. The lowest BCUT2D eigenvalue weighted by molar-refractivity contribution is 0.322. The van der Waals surface area contributed by atoms with E-state index >= 15 is 0 Å². The van der Waals surface area contributed by atoms with Crippen molar-refractivity contribution in [3.8, 4) is 0 Å². The predicted molar refractivity (Wildman–Crippen MR) is 35.7 cm³/mol. The first-order valence-electron chi connectivity index (χ1n) is 2.86. The maximum Gasteiger partial charge on any atom is 0.159 e. The molecule has 0 heterocycles. The van der Waals surface area contributed by atoms with Gasteiger partial charge in [0.2, 0.25) is 0 Å². The van der Waals surface area contributed by atoms with Gasteiger partial charge in [0.15, 0.2) is 11.6 Å². The molecule has 0 aliphatic rings. The molecule has 1 N–H and O–H groups in total. The van der Waals surface area contributed by atoms with Crippen LogP contribution in [0, 0.1) is 11.6 Å². The van der Waals surface area contributed by atoms with Gasteiger partial charge in [0.05, 0.1) is 6.21 Å². The summed E-state index contributed by atoms with van der Waals surface area (Å²) in [7, 11) is 0. The summed E-state index contributed by atoms with van der Waals surface area (Å²) >= 11 is 0. The average molecular weight is 157 g/mol. The van der Waals surface area contributed by atoms with Crippen molar-refractivity contribution in [3.05, 3.63) is 35.4 Å². The number of benzene rings is 1. The van der Waals surface area contributed by atoms with Crippen LogP contribution in [0.25, 0.3) is 0 Å². The number of rotatable bonds is 1. The van der Waals surface area contributed by atoms with Gasteiger partial charge >= 0.3 is 0 Å². The highest BCUT2D eigenvalue weighted by molar-refractivity contribution is 5.78. The standard InChI is InChI=1S/C7H5F2NO/c8-6-2-1-5(4-10-11)3-7(6)9/h1-4,11H/b10-4+. The van der Waals surface area contributed by atoms with E-state index in [1.807, 2.05) is 0 Å². The van der Waals surface area contributed by atoms with Gasteiger partial charge in [0, 0.05) is 0 Å². The second-order valence-corrected chi connectivity index (χ2v) is 1.92. The van der Waals surface area contributed by atoms with E-state index in [4.69, 9.17) is 5.21 Å². The lowest BCUT2D eigenvalue weighted by atomic mass is 10.2. The normalized spacial score (nSPS) is 10.7. The lowest BCUT2D eigenvalue weighted by Crippen LogP contribution is -1.87. The molecule has 0 spiro atoms. The summed E-state index contributed by atoms with van der Waals surface area (Å²) < 4.78 is 24.6. The zero-order valence-electron chi connectivity index (χ0n) is 5.46. The molecule has 1 aromatic rings. The fourth-order valence-corrected chi connectivity index (χ4v) is 0.659. The third-order valence-electron chi connectivity index (χ3n) is 1.15. The first-order chi connectivity index (χ1) is 5.24. The zero-order chi connectivity index (χ0) is 8.27. The van der Waals surface area contributed by atoms with Crippen LogP contribution in [0.3, 0.4) is 0 Å². The van der Waals surface area contributed by atoms with E-state index in [9.17, 15) is 8.78 Å². The maximum absolute atomic E-state index is 12.4. The minimum Gasteiger partial charge on any atom is -0.411 e. The molecule has 0 radical (unpaired) electrons. The molecule has 0 saturated carbocycles. The molecule has 0 saturated heterocycles. The van der Waals surface area contributed by atoms with Crippen molar-refractivity contribution in [3.63, 3.8) is 0 Å². The van der Waals surface area contributed by atoms with Gasteiger partial charge in [-0.2, -0.15) is 0 Å². The van der Waals surface area contributed by atoms with Gasteiger partial charge in [0.25, 0.3) is 0 Å². The monoisotopic (exact) mass is 157 g/mol. The van der Waals surface area contributed by atoms with E-state index < -0.39 is 11.6 Å². The van der Waals surface area contributed by atoms with Gasteiger partial charge in [-0.25, -0.2) is 8.78 Å². The van der Waals surface area contributed by atoms with Crippen molar-refractivity contribution in [2.24, 2.45) is 5.16 Å². The summed E-state index contributed by atoms with van der Waals surface area (Å²) in [6, 6.07) is 3.21. The van der Waals surface area contributed by atoms with E-state index in [0.29, 0.717) is 5.56 Å². The first kappa shape index (κ1) is 7.65. The molecule has 58 valence electrons. The minimum absolute atomic E-state index is 0.311. The van der Waals surface area contributed by atoms with E-state index in [-0.39, 0.29) is 0 Å². The molecule has 1 rings (SSSR count). The second kappa shape index (κ2) is 3.09. The molecule has 0 aromatic heterocycles. The molecule has 4 heteroatoms. The fourth-order valence-electron chi connectivity index (χ4n) is 0.659. The number of hydrogen-bond donors (Lipinski definition) is 1. The van der Waals surface area contributed by atoms with Gasteiger partial charge < -0.3 is 5.21 Å². The van der Waals surface area contributed by atoms with Gasteiger partial charge in [-0.1, -0.05) is 11.2 Å². The predicted octanol–water partition coefficient (Wildman–Crippen LogP) is 1.77. The Labute approximate surface area is 61.8 Å². The Hall–Kier alpha value is -1.45. The molecule has 0 amide bonds. The van der Waals surface area contributed by atoms with Crippen LogP contribution in [0.4, 0.5) is 8.78 Å². The fraction of sp³-hybridized carbons (Fsp3) is 0. The third kappa shape index (κ3) is 1.73. The Morgan fingerprint density at radius 1 is 1.27 bits per heavy atom. The van der Waals surface area contributed by atoms with Crippen molar-refractivity contribution in [1.82, 2.24) is 0 Å². The van der Waals surface area contributed by atoms with Crippen LogP contribution < -0.4 is 0 Å². The molecule has 0 atom stereocenters. The second-order valence-electron chi connectivity index (χ2n) is 1.92. The topological polar surface area (TPSA) is 32.6 Å². The molecule has 11 heavy (non-hydrogen) atoms. The number of oxime groups is 1. The van der Waals surface area contributed by atoms with Crippen LogP contribution in [0.2, 0.25) is 0 Å². The van der Waals surface area contributed by atoms with Crippen LogP contribution in [-0.2, 0) is 0 Å². The highest BCUT2D eigenvalue weighted by Gasteiger charge is 1.99. The number of halogens is 2. The molecule has 2 nitrogen and oxygen atoms in total. The molecule has 0 bridgehead atoms. The van der Waals surface area contributed by atoms with Crippen molar-refractivity contribution in [2.75, 3.05) is 0 Å². The third-order valence-corrected chi connectivity index (χ3v) is 1.15. The van der Waals surface area contributed by atoms with Crippen molar-refractivity contribution >= 4 is 6.21 Å². The van der Waals surface area contributed by atoms with Crippen LogP contribution in [0.15, 0.2) is 23.4 Å². The van der Waals surface area contributed by atoms with E-state index in [2.05, 4.69) is 5.16 Å². The molecular formula is C7H5F2NO. The summed E-state index contributed by atoms with van der Waals surface area (Å²) in [5, 5.41) is 10.7. The molecule has 0 unspecified atom stereocenters. The van der Waals surface area contributed by atoms with Crippen LogP contribution in [0.5, 0.6) is 0 Å². The van der Waals surface area contributed by atoms with Gasteiger partial charge in [-0.3, -0.25) is 0 Å².